The van der Waals surface area contributed by atoms with Crippen LogP contribution in [0.2, 0.25) is 0 Å². The molecule has 1 aliphatic heterocycles. The Kier molecular flexibility index (Phi) is 5.78. The molecule has 1 aliphatic rings. The van der Waals surface area contributed by atoms with Gasteiger partial charge >= 0.3 is 5.97 Å². The Morgan fingerprint density at radius 3 is 2.74 bits per heavy atom. The molecule has 182 valence electrons. The van der Waals surface area contributed by atoms with Crippen LogP contribution in [0.5, 0.6) is 5.88 Å². The average molecular weight is 476 g/mol. The number of rotatable bonds is 6. The average Bonchev–Trinajstić information content (AvgIpc) is 3.48. The highest BCUT2D eigenvalue weighted by Gasteiger charge is 2.29. The number of hydrogen-bond acceptors (Lipinski definition) is 8. The van der Waals surface area contributed by atoms with Gasteiger partial charge in [-0.3, -0.25) is 4.79 Å². The molecule has 9 nitrogen and oxygen atoms in total. The predicted octanol–water partition coefficient (Wildman–Crippen LogP) is 5.15. The van der Waals surface area contributed by atoms with Crippen molar-refractivity contribution in [2.45, 2.75) is 71.6 Å². The van der Waals surface area contributed by atoms with Crippen LogP contribution in [0.15, 0.2) is 41.2 Å². The zero-order chi connectivity index (χ0) is 24.7. The zero-order valence-electron chi connectivity index (χ0n) is 20.6. The van der Waals surface area contributed by atoms with E-state index in [4.69, 9.17) is 14.0 Å². The second-order valence-corrected chi connectivity index (χ2v) is 10.1. The second-order valence-electron chi connectivity index (χ2n) is 10.1. The first-order valence-corrected chi connectivity index (χ1v) is 11.8. The fraction of sp³-hybridized carbons (Fsp3) is 0.423. The van der Waals surface area contributed by atoms with Crippen molar-refractivity contribution in [2.24, 2.45) is 0 Å². The molecule has 0 radical (unpaired) electrons. The summed E-state index contributed by atoms with van der Waals surface area (Å²) in [5.41, 5.74) is 3.07. The van der Waals surface area contributed by atoms with Crippen LogP contribution in [0.3, 0.4) is 0 Å². The van der Waals surface area contributed by atoms with E-state index in [1.807, 2.05) is 46.8 Å². The van der Waals surface area contributed by atoms with Gasteiger partial charge in [0.2, 0.25) is 11.7 Å². The van der Waals surface area contributed by atoms with Crippen molar-refractivity contribution in [1.82, 2.24) is 24.7 Å². The number of carbonyl (C=O) groups excluding carboxylic acids is 1. The van der Waals surface area contributed by atoms with Gasteiger partial charge in [-0.05, 0) is 65.0 Å². The van der Waals surface area contributed by atoms with E-state index in [0.717, 1.165) is 29.3 Å². The Hall–Kier alpha value is -3.75. The van der Waals surface area contributed by atoms with Crippen LogP contribution < -0.4 is 4.74 Å². The van der Waals surface area contributed by atoms with Gasteiger partial charge in [-0.1, -0.05) is 17.3 Å². The van der Waals surface area contributed by atoms with Crippen LogP contribution >= 0.6 is 0 Å². The summed E-state index contributed by atoms with van der Waals surface area (Å²) in [6.07, 6.45) is 5.30. The van der Waals surface area contributed by atoms with E-state index in [0.29, 0.717) is 23.8 Å². The minimum absolute atomic E-state index is 0.0133. The van der Waals surface area contributed by atoms with Crippen molar-refractivity contribution in [1.29, 1.82) is 0 Å². The molecule has 0 bridgehead atoms. The monoisotopic (exact) mass is 475 g/mol. The van der Waals surface area contributed by atoms with Gasteiger partial charge < -0.3 is 18.6 Å². The molecule has 0 spiro atoms. The Morgan fingerprint density at radius 1 is 1.20 bits per heavy atom. The summed E-state index contributed by atoms with van der Waals surface area (Å²) < 4.78 is 18.8. The lowest BCUT2D eigenvalue weighted by Crippen LogP contribution is -2.25. The van der Waals surface area contributed by atoms with Gasteiger partial charge in [0.05, 0.1) is 24.9 Å². The summed E-state index contributed by atoms with van der Waals surface area (Å²) in [7, 11) is 0. The van der Waals surface area contributed by atoms with E-state index in [1.165, 1.54) is 5.69 Å². The molecule has 0 amide bonds. The molecule has 3 aromatic heterocycles. The van der Waals surface area contributed by atoms with Crippen molar-refractivity contribution in [3.8, 4) is 28.9 Å². The van der Waals surface area contributed by atoms with Crippen LogP contribution in [-0.2, 0) is 16.0 Å². The molecule has 0 aliphatic carbocycles. The van der Waals surface area contributed by atoms with Gasteiger partial charge in [-0.2, -0.15) is 4.98 Å². The van der Waals surface area contributed by atoms with Gasteiger partial charge in [0.1, 0.15) is 11.3 Å². The second kappa shape index (κ2) is 8.79. The Balaban J connectivity index is 1.40. The highest BCUT2D eigenvalue weighted by molar-refractivity contribution is 5.86. The Bertz CT molecular complexity index is 1360. The van der Waals surface area contributed by atoms with E-state index < -0.39 is 5.60 Å². The topological polar surface area (TPSA) is 105 Å². The molecule has 1 aromatic carbocycles. The fourth-order valence-electron chi connectivity index (χ4n) is 4.43. The molecule has 1 atom stereocenters. The zero-order valence-corrected chi connectivity index (χ0v) is 20.6. The van der Waals surface area contributed by atoms with E-state index in [1.54, 1.807) is 12.4 Å². The number of ether oxygens (including phenoxy) is 2. The van der Waals surface area contributed by atoms with Gasteiger partial charge in [0.25, 0.3) is 5.89 Å². The number of esters is 1. The maximum atomic E-state index is 12.5. The van der Waals surface area contributed by atoms with Gasteiger partial charge in [-0.15, -0.1) is 0 Å². The van der Waals surface area contributed by atoms with Crippen molar-refractivity contribution < 1.29 is 18.8 Å². The molecule has 0 saturated heterocycles. The molecule has 0 fully saturated rings. The van der Waals surface area contributed by atoms with E-state index >= 15 is 0 Å². The number of fused-ring (bicyclic) bond motifs is 3. The summed E-state index contributed by atoms with van der Waals surface area (Å²) in [5.74, 6) is 1.01. The summed E-state index contributed by atoms with van der Waals surface area (Å²) in [5, 5.41) is 5.28. The van der Waals surface area contributed by atoms with Crippen molar-refractivity contribution in [3.05, 3.63) is 42.4 Å². The lowest BCUT2D eigenvalue weighted by molar-refractivity contribution is -0.155. The van der Waals surface area contributed by atoms with Gasteiger partial charge in [0.15, 0.2) is 0 Å². The summed E-state index contributed by atoms with van der Waals surface area (Å²) in [6, 6.07) is 8.32. The van der Waals surface area contributed by atoms with Crippen molar-refractivity contribution in [3.63, 3.8) is 0 Å². The predicted molar refractivity (Wildman–Crippen MR) is 130 cm³/mol. The van der Waals surface area contributed by atoms with Crippen molar-refractivity contribution in [2.75, 3.05) is 0 Å². The Morgan fingerprint density at radius 2 is 2.03 bits per heavy atom. The summed E-state index contributed by atoms with van der Waals surface area (Å²) >= 11 is 0. The lowest BCUT2D eigenvalue weighted by atomic mass is 10.1. The third-order valence-electron chi connectivity index (χ3n) is 5.73. The van der Waals surface area contributed by atoms with Gasteiger partial charge in [-0.25, -0.2) is 9.97 Å². The SMILES string of the molecule is CC(C)Oc1cnc(-c2nc(-c3ccc4cc5n(c4c3)C(CC(=O)OC(C)(C)C)CC5)no2)cn1. The lowest BCUT2D eigenvalue weighted by Gasteiger charge is -2.22. The fourth-order valence-corrected chi connectivity index (χ4v) is 4.43. The highest BCUT2D eigenvalue weighted by atomic mass is 16.6. The van der Waals surface area contributed by atoms with Crippen LogP contribution in [0.4, 0.5) is 0 Å². The molecule has 0 saturated carbocycles. The first-order chi connectivity index (χ1) is 16.7. The quantitative estimate of drug-likeness (QED) is 0.352. The molecule has 0 N–H and O–H groups in total. The number of hydrogen-bond donors (Lipinski definition) is 0. The normalized spacial score (nSPS) is 15.5. The maximum Gasteiger partial charge on any atom is 0.308 e. The number of carbonyl (C=O) groups is 1. The molecule has 4 heterocycles. The third kappa shape index (κ3) is 4.89. The molecule has 9 heteroatoms. The number of aromatic nitrogens is 5. The van der Waals surface area contributed by atoms with Crippen LogP contribution in [0.1, 0.15) is 59.2 Å². The Labute approximate surface area is 203 Å². The van der Waals surface area contributed by atoms with E-state index in [9.17, 15) is 4.79 Å². The number of aryl methyl sites for hydroxylation is 1. The largest absolute Gasteiger partial charge is 0.474 e. The van der Waals surface area contributed by atoms with Crippen molar-refractivity contribution >= 4 is 16.9 Å². The minimum Gasteiger partial charge on any atom is -0.474 e. The number of benzene rings is 1. The summed E-state index contributed by atoms with van der Waals surface area (Å²) in [6.45, 7) is 9.52. The molecule has 1 unspecified atom stereocenters. The maximum absolute atomic E-state index is 12.5. The smallest absolute Gasteiger partial charge is 0.308 e. The van der Waals surface area contributed by atoms with Crippen LogP contribution in [0, 0.1) is 0 Å². The van der Waals surface area contributed by atoms with Crippen LogP contribution in [0.25, 0.3) is 33.9 Å². The first-order valence-electron chi connectivity index (χ1n) is 11.8. The minimum atomic E-state index is -0.493. The molecule has 35 heavy (non-hydrogen) atoms. The van der Waals surface area contributed by atoms with Crippen LogP contribution in [-0.4, -0.2) is 42.4 Å². The first kappa shape index (κ1) is 23.0. The highest BCUT2D eigenvalue weighted by Crippen LogP contribution is 2.37. The molecule has 5 rings (SSSR count). The summed E-state index contributed by atoms with van der Waals surface area (Å²) in [4.78, 5) is 25.6. The number of nitrogens with zero attached hydrogens (tertiary/aromatic N) is 5. The molecular weight excluding hydrogens is 446 g/mol. The standard InChI is InChI=1S/C26H29N5O4/c1-15(2)33-22-14-27-20(13-28-22)25-29-24(30-35-25)17-7-6-16-10-18-8-9-19(31(18)21(16)11-17)12-23(32)34-26(3,4)5/h6-7,10-11,13-15,19H,8-9,12H2,1-5H3. The third-order valence-corrected chi connectivity index (χ3v) is 5.73. The van der Waals surface area contributed by atoms with E-state index in [-0.39, 0.29) is 24.0 Å². The van der Waals surface area contributed by atoms with Gasteiger partial charge in [0, 0.05) is 22.8 Å². The van der Waals surface area contributed by atoms with E-state index in [2.05, 4.69) is 36.8 Å². The molecule has 4 aromatic rings. The molecular formula is C26H29N5O4.